The topological polar surface area (TPSA) is 15.3 Å². The van der Waals surface area contributed by atoms with Gasteiger partial charge in [-0.3, -0.25) is 4.90 Å². The summed E-state index contributed by atoms with van der Waals surface area (Å²) in [6.45, 7) is 4.28. The van der Waals surface area contributed by atoms with Crippen molar-refractivity contribution in [3.63, 3.8) is 0 Å². The van der Waals surface area contributed by atoms with Gasteiger partial charge in [0.1, 0.15) is 5.82 Å². The standard InChI is InChI=1S/C15H22ClFN2/c1-11(12-6-7-15(17)14(16)9-12)19-8-4-3-5-13(19)10-18-2/h6-7,9,11,13,18H,3-5,8,10H2,1-2H3. The molecule has 2 rings (SSSR count). The maximum absolute atomic E-state index is 13.2. The first-order chi connectivity index (χ1) is 9.13. The third-order valence-electron chi connectivity index (χ3n) is 4.04. The predicted molar refractivity (Wildman–Crippen MR) is 78.1 cm³/mol. The fraction of sp³-hybridized carbons (Fsp3) is 0.600. The quantitative estimate of drug-likeness (QED) is 0.908. The van der Waals surface area contributed by atoms with Crippen molar-refractivity contribution in [1.29, 1.82) is 0 Å². The van der Waals surface area contributed by atoms with Crippen molar-refractivity contribution in [3.05, 3.63) is 34.6 Å². The summed E-state index contributed by atoms with van der Waals surface area (Å²) in [5.74, 6) is -0.344. The number of nitrogens with one attached hydrogen (secondary N) is 1. The molecule has 1 fully saturated rings. The molecule has 0 saturated carbocycles. The van der Waals surface area contributed by atoms with Gasteiger partial charge in [-0.1, -0.05) is 24.1 Å². The van der Waals surface area contributed by atoms with Crippen LogP contribution in [0.2, 0.25) is 5.02 Å². The zero-order chi connectivity index (χ0) is 13.8. The van der Waals surface area contributed by atoms with Gasteiger partial charge in [0.15, 0.2) is 0 Å². The number of hydrogen-bond acceptors (Lipinski definition) is 2. The van der Waals surface area contributed by atoms with Crippen molar-refractivity contribution in [2.45, 2.75) is 38.3 Å². The molecule has 1 aromatic carbocycles. The average Bonchev–Trinajstić information content (AvgIpc) is 2.42. The van der Waals surface area contributed by atoms with Gasteiger partial charge in [-0.2, -0.15) is 0 Å². The highest BCUT2D eigenvalue weighted by Crippen LogP contribution is 2.30. The third-order valence-corrected chi connectivity index (χ3v) is 4.33. The number of piperidine rings is 1. The molecule has 0 aromatic heterocycles. The fourth-order valence-electron chi connectivity index (χ4n) is 2.95. The first-order valence-corrected chi connectivity index (χ1v) is 7.36. The van der Waals surface area contributed by atoms with Crippen LogP contribution in [0, 0.1) is 5.82 Å². The van der Waals surface area contributed by atoms with Gasteiger partial charge >= 0.3 is 0 Å². The van der Waals surface area contributed by atoms with Crippen LogP contribution in [-0.2, 0) is 0 Å². The molecule has 1 aliphatic rings. The lowest BCUT2D eigenvalue weighted by atomic mass is 9.97. The van der Waals surface area contributed by atoms with Gasteiger partial charge in [-0.25, -0.2) is 4.39 Å². The van der Waals surface area contributed by atoms with Gasteiger partial charge in [0.25, 0.3) is 0 Å². The molecule has 1 saturated heterocycles. The van der Waals surface area contributed by atoms with E-state index in [1.165, 1.54) is 25.3 Å². The summed E-state index contributed by atoms with van der Waals surface area (Å²) in [6.07, 6.45) is 3.75. The Balaban J connectivity index is 2.15. The van der Waals surface area contributed by atoms with Crippen LogP contribution in [0.1, 0.15) is 37.8 Å². The molecule has 106 valence electrons. The first-order valence-electron chi connectivity index (χ1n) is 6.98. The second-order valence-electron chi connectivity index (χ2n) is 5.29. The van der Waals surface area contributed by atoms with E-state index in [9.17, 15) is 4.39 Å². The molecule has 1 heterocycles. The van der Waals surface area contributed by atoms with Gasteiger partial charge in [0, 0.05) is 18.6 Å². The molecular weight excluding hydrogens is 263 g/mol. The van der Waals surface area contributed by atoms with Crippen molar-refractivity contribution in [3.8, 4) is 0 Å². The molecule has 2 atom stereocenters. The molecule has 0 spiro atoms. The second kappa shape index (κ2) is 6.69. The van der Waals surface area contributed by atoms with E-state index in [-0.39, 0.29) is 16.9 Å². The Hall–Kier alpha value is -0.640. The zero-order valence-corrected chi connectivity index (χ0v) is 12.4. The first kappa shape index (κ1) is 14.8. The molecule has 1 aliphatic heterocycles. The number of likely N-dealkylation sites (N-methyl/N-ethyl adjacent to an activating group) is 1. The van der Waals surface area contributed by atoms with E-state index in [0.29, 0.717) is 6.04 Å². The fourth-order valence-corrected chi connectivity index (χ4v) is 3.14. The van der Waals surface area contributed by atoms with Gasteiger partial charge in [-0.05, 0) is 51.1 Å². The lowest BCUT2D eigenvalue weighted by Crippen LogP contribution is -2.45. The Morgan fingerprint density at radius 1 is 1.47 bits per heavy atom. The van der Waals surface area contributed by atoms with Crippen molar-refractivity contribution < 1.29 is 4.39 Å². The lowest BCUT2D eigenvalue weighted by molar-refractivity contribution is 0.103. The van der Waals surface area contributed by atoms with E-state index in [2.05, 4.69) is 17.1 Å². The van der Waals surface area contributed by atoms with Crippen LogP contribution in [0.3, 0.4) is 0 Å². The van der Waals surface area contributed by atoms with Gasteiger partial charge in [0.05, 0.1) is 5.02 Å². The number of rotatable bonds is 4. The summed E-state index contributed by atoms with van der Waals surface area (Å²) in [6, 6.07) is 5.89. The molecule has 1 N–H and O–H groups in total. The van der Waals surface area contributed by atoms with Crippen molar-refractivity contribution in [1.82, 2.24) is 10.2 Å². The zero-order valence-electron chi connectivity index (χ0n) is 11.6. The van der Waals surface area contributed by atoms with Crippen LogP contribution in [0.4, 0.5) is 4.39 Å². The van der Waals surface area contributed by atoms with Crippen molar-refractivity contribution in [2.75, 3.05) is 20.1 Å². The normalized spacial score (nSPS) is 22.4. The van der Waals surface area contributed by atoms with E-state index in [1.54, 1.807) is 6.07 Å². The largest absolute Gasteiger partial charge is 0.318 e. The van der Waals surface area contributed by atoms with Gasteiger partial charge in [-0.15, -0.1) is 0 Å². The maximum Gasteiger partial charge on any atom is 0.141 e. The Kier molecular flexibility index (Phi) is 5.20. The minimum Gasteiger partial charge on any atom is -0.318 e. The SMILES string of the molecule is CNCC1CCCCN1C(C)c1ccc(F)c(Cl)c1. The van der Waals surface area contributed by atoms with E-state index in [0.717, 1.165) is 18.7 Å². The van der Waals surface area contributed by atoms with E-state index >= 15 is 0 Å². The second-order valence-corrected chi connectivity index (χ2v) is 5.70. The van der Waals surface area contributed by atoms with E-state index < -0.39 is 0 Å². The molecule has 2 nitrogen and oxygen atoms in total. The van der Waals surface area contributed by atoms with Gasteiger partial charge < -0.3 is 5.32 Å². The highest BCUT2D eigenvalue weighted by molar-refractivity contribution is 6.30. The maximum atomic E-state index is 13.2. The van der Waals surface area contributed by atoms with Crippen LogP contribution in [0.5, 0.6) is 0 Å². The van der Waals surface area contributed by atoms with Crippen LogP contribution >= 0.6 is 11.6 Å². The number of halogens is 2. The third kappa shape index (κ3) is 3.47. The summed E-state index contributed by atoms with van der Waals surface area (Å²) in [4.78, 5) is 2.50. The molecule has 0 amide bonds. The molecular formula is C15H22ClFN2. The highest BCUT2D eigenvalue weighted by Gasteiger charge is 2.26. The Labute approximate surface area is 119 Å². The number of hydrogen-bond donors (Lipinski definition) is 1. The monoisotopic (exact) mass is 284 g/mol. The highest BCUT2D eigenvalue weighted by atomic mass is 35.5. The van der Waals surface area contributed by atoms with Crippen LogP contribution in [-0.4, -0.2) is 31.1 Å². The molecule has 0 radical (unpaired) electrons. The predicted octanol–water partition coefficient (Wildman–Crippen LogP) is 3.61. The summed E-state index contributed by atoms with van der Waals surface area (Å²) < 4.78 is 13.2. The summed E-state index contributed by atoms with van der Waals surface area (Å²) in [5, 5.41) is 3.48. The van der Waals surface area contributed by atoms with Crippen LogP contribution in [0.25, 0.3) is 0 Å². The van der Waals surface area contributed by atoms with E-state index in [4.69, 9.17) is 11.6 Å². The Morgan fingerprint density at radius 2 is 2.26 bits per heavy atom. The van der Waals surface area contributed by atoms with Crippen LogP contribution in [0.15, 0.2) is 18.2 Å². The van der Waals surface area contributed by atoms with Gasteiger partial charge in [0.2, 0.25) is 0 Å². The minimum absolute atomic E-state index is 0.214. The summed E-state index contributed by atoms with van der Waals surface area (Å²) >= 11 is 5.89. The molecule has 19 heavy (non-hydrogen) atoms. The minimum atomic E-state index is -0.344. The summed E-state index contributed by atoms with van der Waals surface area (Å²) in [7, 11) is 1.99. The molecule has 0 bridgehead atoms. The molecule has 4 heteroatoms. The average molecular weight is 285 g/mol. The lowest BCUT2D eigenvalue weighted by Gasteiger charge is -2.40. The van der Waals surface area contributed by atoms with Crippen LogP contribution < -0.4 is 5.32 Å². The Morgan fingerprint density at radius 3 is 2.95 bits per heavy atom. The van der Waals surface area contributed by atoms with Crippen molar-refractivity contribution in [2.24, 2.45) is 0 Å². The smallest absolute Gasteiger partial charge is 0.141 e. The molecule has 1 aromatic rings. The Bertz CT molecular complexity index is 423. The summed E-state index contributed by atoms with van der Waals surface area (Å²) in [5.41, 5.74) is 1.09. The number of likely N-dealkylation sites (tertiary alicyclic amines) is 1. The number of nitrogens with zero attached hydrogens (tertiary/aromatic N) is 1. The molecule has 0 aliphatic carbocycles. The van der Waals surface area contributed by atoms with Crippen molar-refractivity contribution >= 4 is 11.6 Å². The molecule has 2 unspecified atom stereocenters. The van der Waals surface area contributed by atoms with E-state index in [1.807, 2.05) is 13.1 Å². The number of benzene rings is 1.